The molecule has 2 amide bonds. The van der Waals surface area contributed by atoms with Gasteiger partial charge in [0.25, 0.3) is 5.91 Å². The minimum Gasteiger partial charge on any atom is -0.332 e. The van der Waals surface area contributed by atoms with Gasteiger partial charge in [-0.05, 0) is 52.9 Å². The first kappa shape index (κ1) is 21.2. The van der Waals surface area contributed by atoms with Crippen LogP contribution in [0.3, 0.4) is 0 Å². The monoisotopic (exact) mass is 438 g/mol. The second-order valence-electron chi connectivity index (χ2n) is 6.20. The smallest absolute Gasteiger partial charge is 0.332 e. The summed E-state index contributed by atoms with van der Waals surface area (Å²) in [6.45, 7) is -0.364. The Hall–Kier alpha value is -3.47. The second kappa shape index (κ2) is 8.49. The number of aromatic nitrogens is 4. The van der Waals surface area contributed by atoms with Gasteiger partial charge in [0.1, 0.15) is 6.33 Å². The molecule has 2 aromatic carbocycles. The van der Waals surface area contributed by atoms with Crippen LogP contribution in [0.5, 0.6) is 0 Å². The fraction of sp³-hybridized carbons (Fsp3) is 0.167. The van der Waals surface area contributed by atoms with Gasteiger partial charge in [-0.2, -0.15) is 13.2 Å². The number of likely N-dealkylation sites (N-methyl/N-ethyl adjacent to an activating group) is 1. The average Bonchev–Trinajstić information content (AvgIpc) is 3.23. The van der Waals surface area contributed by atoms with Crippen LogP contribution in [0.4, 0.5) is 18.9 Å². The summed E-state index contributed by atoms with van der Waals surface area (Å²) in [6, 6.07) is 9.37. The molecule has 30 heavy (non-hydrogen) atoms. The molecular formula is C18H14ClF3N6O2. The molecule has 0 aliphatic rings. The fourth-order valence-electron chi connectivity index (χ4n) is 2.56. The number of hydrogen-bond acceptors (Lipinski definition) is 5. The Bertz CT molecular complexity index is 1050. The van der Waals surface area contributed by atoms with E-state index in [4.69, 9.17) is 11.6 Å². The van der Waals surface area contributed by atoms with Crippen molar-refractivity contribution >= 4 is 29.1 Å². The Morgan fingerprint density at radius 1 is 1.17 bits per heavy atom. The Labute approximate surface area is 173 Å². The van der Waals surface area contributed by atoms with Crippen molar-refractivity contribution < 1.29 is 22.8 Å². The van der Waals surface area contributed by atoms with Crippen molar-refractivity contribution in [3.05, 3.63) is 64.9 Å². The zero-order valence-electron chi connectivity index (χ0n) is 15.4. The van der Waals surface area contributed by atoms with E-state index >= 15 is 0 Å². The van der Waals surface area contributed by atoms with Crippen LogP contribution in [0.1, 0.15) is 15.9 Å². The highest BCUT2D eigenvalue weighted by atomic mass is 35.5. The van der Waals surface area contributed by atoms with E-state index < -0.39 is 28.6 Å². The zero-order valence-corrected chi connectivity index (χ0v) is 16.1. The molecule has 0 unspecified atom stereocenters. The maximum Gasteiger partial charge on any atom is 0.417 e. The van der Waals surface area contributed by atoms with Gasteiger partial charge in [-0.15, -0.1) is 5.10 Å². The first-order chi connectivity index (χ1) is 14.1. The Morgan fingerprint density at radius 2 is 1.87 bits per heavy atom. The van der Waals surface area contributed by atoms with Crippen molar-refractivity contribution in [2.24, 2.45) is 0 Å². The first-order valence-corrected chi connectivity index (χ1v) is 8.78. The number of carbonyl (C=O) groups excluding carboxylic acids is 2. The summed E-state index contributed by atoms with van der Waals surface area (Å²) in [5.41, 5.74) is -0.189. The van der Waals surface area contributed by atoms with E-state index in [9.17, 15) is 22.8 Å². The van der Waals surface area contributed by atoms with E-state index in [1.54, 1.807) is 24.3 Å². The molecule has 3 rings (SSSR count). The summed E-state index contributed by atoms with van der Waals surface area (Å²) in [7, 11) is 1.40. The molecular weight excluding hydrogens is 425 g/mol. The fourth-order valence-corrected chi connectivity index (χ4v) is 2.79. The predicted molar refractivity (Wildman–Crippen MR) is 101 cm³/mol. The molecule has 3 aromatic rings. The van der Waals surface area contributed by atoms with E-state index in [0.29, 0.717) is 11.3 Å². The summed E-state index contributed by atoms with van der Waals surface area (Å²) < 4.78 is 40.2. The number of carbonyl (C=O) groups is 2. The maximum absolute atomic E-state index is 12.9. The first-order valence-electron chi connectivity index (χ1n) is 8.40. The maximum atomic E-state index is 12.9. The SMILES string of the molecule is CN(CC(=O)Nc1ccc(Cl)c(C(F)(F)F)c1)C(=O)c1ccc(-n2cnnn2)cc1. The van der Waals surface area contributed by atoms with E-state index in [1.165, 1.54) is 24.1 Å². The van der Waals surface area contributed by atoms with Gasteiger partial charge in [0.2, 0.25) is 5.91 Å². The third-order valence-corrected chi connectivity index (χ3v) is 4.34. The number of alkyl halides is 3. The zero-order chi connectivity index (χ0) is 21.9. The van der Waals surface area contributed by atoms with Crippen molar-refractivity contribution in [1.29, 1.82) is 0 Å². The standard InChI is InChI=1S/C18H14ClF3N6O2/c1-27(17(30)11-2-5-13(6-3-11)28-10-23-25-26-28)9-16(29)24-12-4-7-15(19)14(8-12)18(20,21)22/h2-8,10H,9H2,1H3,(H,24,29). The molecule has 0 bridgehead atoms. The van der Waals surface area contributed by atoms with Crippen LogP contribution in [0.15, 0.2) is 48.8 Å². The van der Waals surface area contributed by atoms with Gasteiger partial charge in [0.15, 0.2) is 0 Å². The summed E-state index contributed by atoms with van der Waals surface area (Å²) in [5, 5.41) is 12.6. The largest absolute Gasteiger partial charge is 0.417 e. The molecule has 1 N–H and O–H groups in total. The lowest BCUT2D eigenvalue weighted by atomic mass is 10.2. The lowest BCUT2D eigenvalue weighted by Crippen LogP contribution is -2.35. The molecule has 0 fully saturated rings. The molecule has 0 saturated heterocycles. The lowest BCUT2D eigenvalue weighted by Gasteiger charge is -2.17. The normalized spacial score (nSPS) is 11.2. The van der Waals surface area contributed by atoms with Gasteiger partial charge in [-0.3, -0.25) is 9.59 Å². The number of tetrazole rings is 1. The number of nitrogens with zero attached hydrogens (tertiary/aromatic N) is 5. The van der Waals surface area contributed by atoms with Crippen LogP contribution in [-0.2, 0) is 11.0 Å². The van der Waals surface area contributed by atoms with Crippen LogP contribution in [0, 0.1) is 0 Å². The van der Waals surface area contributed by atoms with Gasteiger partial charge in [-0.1, -0.05) is 11.6 Å². The Balaban J connectivity index is 1.63. The second-order valence-corrected chi connectivity index (χ2v) is 6.61. The molecule has 0 atom stereocenters. The molecule has 0 spiro atoms. The van der Waals surface area contributed by atoms with E-state index in [-0.39, 0.29) is 12.2 Å². The van der Waals surface area contributed by atoms with Crippen molar-refractivity contribution in [1.82, 2.24) is 25.1 Å². The molecule has 0 aliphatic carbocycles. The van der Waals surface area contributed by atoms with Crippen molar-refractivity contribution in [3.8, 4) is 5.69 Å². The van der Waals surface area contributed by atoms with Gasteiger partial charge >= 0.3 is 6.18 Å². The third kappa shape index (κ3) is 4.92. The quantitative estimate of drug-likeness (QED) is 0.661. The van der Waals surface area contributed by atoms with Gasteiger partial charge in [0, 0.05) is 18.3 Å². The van der Waals surface area contributed by atoms with Crippen LogP contribution in [0.25, 0.3) is 5.69 Å². The molecule has 156 valence electrons. The number of hydrogen-bond donors (Lipinski definition) is 1. The number of rotatable bonds is 5. The molecule has 12 heteroatoms. The van der Waals surface area contributed by atoms with Crippen LogP contribution in [0.2, 0.25) is 5.02 Å². The van der Waals surface area contributed by atoms with Gasteiger partial charge in [0.05, 0.1) is 22.8 Å². The molecule has 1 heterocycles. The number of nitrogens with one attached hydrogen (secondary N) is 1. The summed E-state index contributed by atoms with van der Waals surface area (Å²) >= 11 is 5.56. The summed E-state index contributed by atoms with van der Waals surface area (Å²) in [6.07, 6.45) is -3.26. The summed E-state index contributed by atoms with van der Waals surface area (Å²) in [5.74, 6) is -1.10. The van der Waals surface area contributed by atoms with Crippen molar-refractivity contribution in [2.45, 2.75) is 6.18 Å². The van der Waals surface area contributed by atoms with E-state index in [0.717, 1.165) is 17.0 Å². The van der Waals surface area contributed by atoms with E-state index in [1.807, 2.05) is 0 Å². The van der Waals surface area contributed by atoms with E-state index in [2.05, 4.69) is 20.8 Å². The minimum absolute atomic E-state index is 0.0802. The van der Waals surface area contributed by atoms with Crippen LogP contribution >= 0.6 is 11.6 Å². The number of amides is 2. The lowest BCUT2D eigenvalue weighted by molar-refractivity contribution is -0.137. The van der Waals surface area contributed by atoms with Crippen molar-refractivity contribution in [2.75, 3.05) is 18.9 Å². The van der Waals surface area contributed by atoms with Gasteiger partial charge < -0.3 is 10.2 Å². The minimum atomic E-state index is -4.65. The number of benzene rings is 2. The molecule has 8 nitrogen and oxygen atoms in total. The summed E-state index contributed by atoms with van der Waals surface area (Å²) in [4.78, 5) is 25.8. The predicted octanol–water partition coefficient (Wildman–Crippen LogP) is 3.05. The number of anilines is 1. The third-order valence-electron chi connectivity index (χ3n) is 4.01. The molecule has 0 aliphatic heterocycles. The average molecular weight is 439 g/mol. The van der Waals surface area contributed by atoms with Crippen molar-refractivity contribution in [3.63, 3.8) is 0 Å². The molecule has 0 radical (unpaired) electrons. The van der Waals surface area contributed by atoms with Crippen LogP contribution in [-0.4, -0.2) is 50.5 Å². The highest BCUT2D eigenvalue weighted by molar-refractivity contribution is 6.31. The Morgan fingerprint density at radius 3 is 2.47 bits per heavy atom. The van der Waals surface area contributed by atoms with Crippen LogP contribution < -0.4 is 5.32 Å². The Kier molecular flexibility index (Phi) is 6.01. The highest BCUT2D eigenvalue weighted by Gasteiger charge is 2.33. The van der Waals surface area contributed by atoms with Gasteiger partial charge in [-0.25, -0.2) is 4.68 Å². The molecule has 0 saturated carbocycles. The highest BCUT2D eigenvalue weighted by Crippen LogP contribution is 2.36. The molecule has 1 aromatic heterocycles. The topological polar surface area (TPSA) is 93.0 Å². The number of halogens is 4.